The van der Waals surface area contributed by atoms with Crippen LogP contribution in [0.1, 0.15) is 21.1 Å². The van der Waals surface area contributed by atoms with Gasteiger partial charge in [0.05, 0.1) is 6.61 Å². The van der Waals surface area contributed by atoms with E-state index in [1.54, 1.807) is 0 Å². The number of rotatable bonds is 4. The molecule has 1 fully saturated rings. The summed E-state index contributed by atoms with van der Waals surface area (Å²) in [5.74, 6) is -0.441. The molecule has 0 aromatic rings. The highest BCUT2D eigenvalue weighted by molar-refractivity contribution is 5.76. The second kappa shape index (κ2) is 6.27. The number of aliphatic hydroxyl groups excluding tert-OH is 4. The molecule has 0 saturated carbocycles. The van der Waals surface area contributed by atoms with Crippen molar-refractivity contribution in [1.29, 1.82) is 0 Å². The summed E-state index contributed by atoms with van der Waals surface area (Å²) in [6.07, 6.45) is -4.94. The van der Waals surface area contributed by atoms with Gasteiger partial charge in [-0.1, -0.05) is 6.90 Å². The van der Waals surface area contributed by atoms with Crippen LogP contribution in [0.25, 0.3) is 0 Å². The molecule has 1 aliphatic rings. The van der Waals surface area contributed by atoms with Crippen molar-refractivity contribution >= 4 is 5.91 Å². The monoisotopic (exact) mass is 250 g/mol. The summed E-state index contributed by atoms with van der Waals surface area (Å²) in [4.78, 5) is 11.4. The molecule has 0 aromatic heterocycles. The maximum Gasteiger partial charge on any atom is 0.220 e. The second-order valence-electron chi connectivity index (χ2n) is 3.93. The van der Waals surface area contributed by atoms with Crippen LogP contribution in [0.15, 0.2) is 0 Å². The molecule has 1 aliphatic heterocycles. The van der Waals surface area contributed by atoms with Gasteiger partial charge in [-0.3, -0.25) is 4.79 Å². The van der Waals surface area contributed by atoms with Crippen LogP contribution < -0.4 is 5.32 Å². The predicted molar refractivity (Wildman–Crippen MR) is 56.8 cm³/mol. The molecule has 0 aromatic carbocycles. The highest BCUT2D eigenvalue weighted by Crippen LogP contribution is 2.19. The fourth-order valence-electron chi connectivity index (χ4n) is 1.67. The Balaban J connectivity index is 2.57. The molecule has 7 nitrogen and oxygen atoms in total. The molecule has 1 rings (SSSR count). The standard InChI is InChI=1S/C10H19NO6/c1-2-3-6(13)11-7-9(15)8(14)5(4-12)17-10(7)16/h5,7-10,12,14-16H,2-4H2,1H3,(H,11,13)/t5-,7+,8-,9-,10?/m1/s1/i1D. The largest absolute Gasteiger partial charge is 0.394 e. The van der Waals surface area contributed by atoms with E-state index in [0.717, 1.165) is 0 Å². The van der Waals surface area contributed by atoms with Crippen molar-refractivity contribution in [3.63, 3.8) is 0 Å². The molecule has 0 bridgehead atoms. The maximum absolute atomic E-state index is 11.4. The summed E-state index contributed by atoms with van der Waals surface area (Å²) in [6.45, 7) is -0.441. The van der Waals surface area contributed by atoms with Crippen LogP contribution >= 0.6 is 0 Å². The molecule has 17 heavy (non-hydrogen) atoms. The quantitative estimate of drug-likeness (QED) is 0.383. The highest BCUT2D eigenvalue weighted by Gasteiger charge is 2.44. The molecule has 100 valence electrons. The molecule has 0 aliphatic carbocycles. The third-order valence-corrected chi connectivity index (χ3v) is 2.63. The Bertz CT molecular complexity index is 279. The van der Waals surface area contributed by atoms with Crippen molar-refractivity contribution in [2.45, 2.75) is 50.4 Å². The third-order valence-electron chi connectivity index (χ3n) is 2.63. The number of carbonyl (C=O) groups is 1. The SMILES string of the molecule is [2H]CCCC(=O)N[C@@H]1C(O)O[C@H](CO)[C@@H](O)[C@@H]1O. The van der Waals surface area contributed by atoms with Gasteiger partial charge in [-0.15, -0.1) is 0 Å². The smallest absolute Gasteiger partial charge is 0.220 e. The van der Waals surface area contributed by atoms with Gasteiger partial charge >= 0.3 is 0 Å². The van der Waals surface area contributed by atoms with Crippen LogP contribution in [0.4, 0.5) is 0 Å². The minimum atomic E-state index is -1.50. The zero-order valence-electron chi connectivity index (χ0n) is 10.3. The summed E-state index contributed by atoms with van der Waals surface area (Å²) in [6, 6.07) is -1.15. The fraction of sp³-hybridized carbons (Fsp3) is 0.900. The number of hydrogen-bond acceptors (Lipinski definition) is 6. The van der Waals surface area contributed by atoms with Gasteiger partial charge in [-0.25, -0.2) is 0 Å². The van der Waals surface area contributed by atoms with Crippen molar-refractivity contribution in [2.24, 2.45) is 0 Å². The first-order chi connectivity index (χ1) is 8.51. The van der Waals surface area contributed by atoms with E-state index in [-0.39, 0.29) is 13.3 Å². The molecule has 1 heterocycles. The van der Waals surface area contributed by atoms with Gasteiger partial charge in [0.1, 0.15) is 24.4 Å². The normalized spacial score (nSPS) is 38.6. The molecule has 0 radical (unpaired) electrons. The summed E-state index contributed by atoms with van der Waals surface area (Å²) in [5, 5.41) is 40.1. The van der Waals surface area contributed by atoms with Crippen LogP contribution in [-0.4, -0.2) is 63.6 Å². The topological polar surface area (TPSA) is 119 Å². The van der Waals surface area contributed by atoms with Crippen molar-refractivity contribution in [1.82, 2.24) is 5.32 Å². The van der Waals surface area contributed by atoms with Crippen molar-refractivity contribution in [2.75, 3.05) is 6.61 Å². The van der Waals surface area contributed by atoms with Gasteiger partial charge in [-0.2, -0.15) is 0 Å². The number of amides is 1. The Morgan fingerprint density at radius 1 is 1.41 bits per heavy atom. The average molecular weight is 250 g/mol. The Labute approximate surface area is 100 Å². The maximum atomic E-state index is 11.4. The Morgan fingerprint density at radius 3 is 2.71 bits per heavy atom. The zero-order valence-corrected chi connectivity index (χ0v) is 9.32. The third kappa shape index (κ3) is 3.36. The van der Waals surface area contributed by atoms with Gasteiger partial charge in [0, 0.05) is 7.79 Å². The number of hydrogen-bond donors (Lipinski definition) is 5. The van der Waals surface area contributed by atoms with Crippen LogP contribution in [0.2, 0.25) is 0 Å². The molecule has 1 unspecified atom stereocenters. The fourth-order valence-corrected chi connectivity index (χ4v) is 1.67. The molecule has 5 atom stereocenters. The molecular weight excluding hydrogens is 230 g/mol. The number of ether oxygens (including phenoxy) is 1. The van der Waals surface area contributed by atoms with Crippen molar-refractivity contribution < 1.29 is 31.3 Å². The van der Waals surface area contributed by atoms with E-state index in [1.165, 1.54) is 0 Å². The van der Waals surface area contributed by atoms with Gasteiger partial charge in [-0.05, 0) is 6.42 Å². The summed E-state index contributed by atoms with van der Waals surface area (Å²) in [5.41, 5.74) is 0. The van der Waals surface area contributed by atoms with E-state index in [0.29, 0.717) is 6.42 Å². The lowest BCUT2D eigenvalue weighted by Gasteiger charge is -2.40. The highest BCUT2D eigenvalue weighted by atomic mass is 16.6. The van der Waals surface area contributed by atoms with Crippen LogP contribution in [0.5, 0.6) is 0 Å². The Kier molecular flexibility index (Phi) is 4.69. The number of nitrogens with one attached hydrogen (secondary N) is 1. The average Bonchev–Trinajstić information content (AvgIpc) is 2.36. The first-order valence-corrected chi connectivity index (χ1v) is 5.40. The molecule has 0 spiro atoms. The summed E-state index contributed by atoms with van der Waals surface area (Å²) in [7, 11) is 0. The lowest BCUT2D eigenvalue weighted by Crippen LogP contribution is -2.64. The van der Waals surface area contributed by atoms with Gasteiger partial charge < -0.3 is 30.5 Å². The Hall–Kier alpha value is -0.730. The van der Waals surface area contributed by atoms with Crippen LogP contribution in [0, 0.1) is 0 Å². The van der Waals surface area contributed by atoms with Crippen LogP contribution in [-0.2, 0) is 9.53 Å². The first kappa shape index (κ1) is 12.7. The minimum absolute atomic E-state index is 0.0962. The van der Waals surface area contributed by atoms with Gasteiger partial charge in [0.25, 0.3) is 0 Å². The zero-order chi connectivity index (χ0) is 13.7. The predicted octanol–water partition coefficient (Wildman–Crippen LogP) is -2.30. The summed E-state index contributed by atoms with van der Waals surface area (Å²) < 4.78 is 11.8. The molecular formula is C10H19NO6. The molecule has 5 N–H and O–H groups in total. The van der Waals surface area contributed by atoms with E-state index in [1.807, 2.05) is 0 Å². The van der Waals surface area contributed by atoms with E-state index in [9.17, 15) is 20.1 Å². The van der Waals surface area contributed by atoms with E-state index >= 15 is 0 Å². The van der Waals surface area contributed by atoms with Crippen molar-refractivity contribution in [3.8, 4) is 0 Å². The number of aliphatic hydroxyl groups is 4. The van der Waals surface area contributed by atoms with Gasteiger partial charge in [0.15, 0.2) is 6.29 Å². The van der Waals surface area contributed by atoms with E-state index in [2.05, 4.69) is 5.32 Å². The van der Waals surface area contributed by atoms with E-state index < -0.39 is 43.2 Å². The lowest BCUT2D eigenvalue weighted by molar-refractivity contribution is -0.253. The lowest BCUT2D eigenvalue weighted by atomic mass is 9.97. The minimum Gasteiger partial charge on any atom is -0.394 e. The molecule has 7 heteroatoms. The summed E-state index contributed by atoms with van der Waals surface area (Å²) >= 11 is 0. The van der Waals surface area contributed by atoms with Crippen molar-refractivity contribution in [3.05, 3.63) is 0 Å². The number of carbonyl (C=O) groups excluding carboxylic acids is 1. The molecule has 1 amide bonds. The Morgan fingerprint density at radius 2 is 2.12 bits per heavy atom. The van der Waals surface area contributed by atoms with Crippen LogP contribution in [0.3, 0.4) is 0 Å². The van der Waals surface area contributed by atoms with Gasteiger partial charge in [0.2, 0.25) is 5.91 Å². The first-order valence-electron chi connectivity index (χ1n) is 6.11. The second-order valence-corrected chi connectivity index (χ2v) is 3.93. The van der Waals surface area contributed by atoms with E-state index in [4.69, 9.17) is 11.2 Å². The molecule has 1 saturated heterocycles.